The highest BCUT2D eigenvalue weighted by Crippen LogP contribution is 2.38. The first-order valence-electron chi connectivity index (χ1n) is 17.0. The molecule has 0 aliphatic carbocycles. The fraction of sp³-hybridized carbons (Fsp3) is 0.472. The van der Waals surface area contributed by atoms with Gasteiger partial charge in [-0.3, -0.25) is 9.62 Å². The van der Waals surface area contributed by atoms with Crippen LogP contribution in [-0.4, -0.2) is 84.9 Å². The standard InChI is InChI=1S/C36H48ClFN4O7S/c1-50(48,49)40-31-22-26(10-14-34(31)44)35(45)24-39-17-7-5-3-2-4-6-8-18-41-19-15-28(16-20-41)42(36(46)47)32-12-11-27(38)23-29(32)25-9-13-33(43)30(37)21-25/h9-14,21-23,28,35,39-40,43-45H,2-8,15-20,24H2,1H3,(H,46,47)/t35-/m0/s1. The van der Waals surface area contributed by atoms with Crippen molar-refractivity contribution < 1.29 is 38.0 Å². The quantitative estimate of drug-likeness (QED) is 0.0601. The van der Waals surface area contributed by atoms with Gasteiger partial charge in [0, 0.05) is 31.2 Å². The summed E-state index contributed by atoms with van der Waals surface area (Å²) in [5.41, 5.74) is 1.85. The Labute approximate surface area is 298 Å². The van der Waals surface area contributed by atoms with Crippen LogP contribution in [0.15, 0.2) is 54.6 Å². The van der Waals surface area contributed by atoms with E-state index in [1.165, 1.54) is 47.4 Å². The summed E-state index contributed by atoms with van der Waals surface area (Å²) in [5, 5.41) is 43.7. The zero-order valence-electron chi connectivity index (χ0n) is 28.3. The van der Waals surface area contributed by atoms with Gasteiger partial charge in [-0.15, -0.1) is 0 Å². The number of hydrogen-bond donors (Lipinski definition) is 6. The van der Waals surface area contributed by atoms with Crippen molar-refractivity contribution in [2.24, 2.45) is 0 Å². The third kappa shape index (κ3) is 11.7. The van der Waals surface area contributed by atoms with E-state index in [0.717, 1.165) is 77.4 Å². The van der Waals surface area contributed by atoms with Crippen LogP contribution in [0.25, 0.3) is 11.1 Å². The van der Waals surface area contributed by atoms with E-state index >= 15 is 0 Å². The summed E-state index contributed by atoms with van der Waals surface area (Å²) in [6.45, 7) is 3.60. The highest BCUT2D eigenvalue weighted by Gasteiger charge is 2.31. The lowest BCUT2D eigenvalue weighted by Gasteiger charge is -2.38. The average molecular weight is 735 g/mol. The van der Waals surface area contributed by atoms with Crippen molar-refractivity contribution in [2.45, 2.75) is 69.9 Å². The average Bonchev–Trinajstić information content (AvgIpc) is 3.06. The number of aliphatic hydroxyl groups excluding tert-OH is 1. The molecule has 1 fully saturated rings. The lowest BCUT2D eigenvalue weighted by molar-refractivity contribution is 0.174. The minimum atomic E-state index is -3.55. The second kappa shape index (κ2) is 18.6. The number of rotatable bonds is 18. The Hall–Kier alpha value is -3.62. The van der Waals surface area contributed by atoms with Gasteiger partial charge < -0.3 is 30.6 Å². The minimum Gasteiger partial charge on any atom is -0.506 e. The summed E-state index contributed by atoms with van der Waals surface area (Å²) in [6.07, 6.45) is 8.08. The molecule has 0 spiro atoms. The number of amides is 1. The van der Waals surface area contributed by atoms with Gasteiger partial charge in [0.05, 0.1) is 28.8 Å². The number of aliphatic hydroxyl groups is 1. The summed E-state index contributed by atoms with van der Waals surface area (Å²) in [5.74, 6) is -0.803. The zero-order chi connectivity index (χ0) is 36.3. The number of nitrogens with zero attached hydrogens (tertiary/aromatic N) is 2. The monoisotopic (exact) mass is 734 g/mol. The Bertz CT molecular complexity index is 1690. The molecule has 1 heterocycles. The summed E-state index contributed by atoms with van der Waals surface area (Å²) in [4.78, 5) is 16.2. The topological polar surface area (TPSA) is 163 Å². The molecule has 1 amide bonds. The first kappa shape index (κ1) is 39.2. The second-order valence-corrected chi connectivity index (χ2v) is 15.1. The molecule has 3 aromatic carbocycles. The number of anilines is 2. The lowest BCUT2D eigenvalue weighted by atomic mass is 9.98. The summed E-state index contributed by atoms with van der Waals surface area (Å²) >= 11 is 6.10. The molecule has 1 aliphatic heterocycles. The first-order valence-corrected chi connectivity index (χ1v) is 19.3. The van der Waals surface area contributed by atoms with Crippen LogP contribution < -0.4 is 14.9 Å². The fourth-order valence-electron chi connectivity index (χ4n) is 6.35. The number of phenols is 2. The molecule has 0 radical (unpaired) electrons. The summed E-state index contributed by atoms with van der Waals surface area (Å²) in [7, 11) is -3.55. The molecule has 6 N–H and O–H groups in total. The van der Waals surface area contributed by atoms with Gasteiger partial charge in [0.25, 0.3) is 0 Å². The van der Waals surface area contributed by atoms with Crippen LogP contribution in [-0.2, 0) is 10.0 Å². The van der Waals surface area contributed by atoms with E-state index in [4.69, 9.17) is 11.6 Å². The smallest absolute Gasteiger partial charge is 0.412 e. The van der Waals surface area contributed by atoms with Crippen molar-refractivity contribution in [3.05, 3.63) is 71.0 Å². The van der Waals surface area contributed by atoms with Crippen LogP contribution in [0.5, 0.6) is 11.5 Å². The maximum Gasteiger partial charge on any atom is 0.412 e. The Morgan fingerprint density at radius 3 is 2.28 bits per heavy atom. The Morgan fingerprint density at radius 1 is 0.960 bits per heavy atom. The predicted molar refractivity (Wildman–Crippen MR) is 195 cm³/mol. The number of nitrogens with one attached hydrogen (secondary N) is 2. The molecule has 0 unspecified atom stereocenters. The number of carbonyl (C=O) groups is 1. The number of benzene rings is 3. The molecular weight excluding hydrogens is 687 g/mol. The fourth-order valence-corrected chi connectivity index (χ4v) is 7.09. The second-order valence-electron chi connectivity index (χ2n) is 12.9. The third-order valence-electron chi connectivity index (χ3n) is 8.97. The molecule has 1 aliphatic rings. The molecular formula is C36H48ClFN4O7S. The number of carboxylic acid groups (broad SMARTS) is 1. The van der Waals surface area contributed by atoms with Crippen LogP contribution in [0.2, 0.25) is 5.02 Å². The van der Waals surface area contributed by atoms with Gasteiger partial charge in [0.15, 0.2) is 0 Å². The molecule has 0 bridgehead atoms. The number of aromatic hydroxyl groups is 2. The van der Waals surface area contributed by atoms with Gasteiger partial charge in [-0.1, -0.05) is 55.8 Å². The maximum atomic E-state index is 14.3. The van der Waals surface area contributed by atoms with E-state index in [2.05, 4.69) is 14.9 Å². The van der Waals surface area contributed by atoms with Gasteiger partial charge in [0.2, 0.25) is 10.0 Å². The molecule has 3 aromatic rings. The molecule has 1 saturated heterocycles. The highest BCUT2D eigenvalue weighted by atomic mass is 35.5. The van der Waals surface area contributed by atoms with Crippen LogP contribution in [0.4, 0.5) is 20.6 Å². The van der Waals surface area contributed by atoms with Gasteiger partial charge in [0.1, 0.15) is 17.3 Å². The minimum absolute atomic E-state index is 0.0350. The Kier molecular flexibility index (Phi) is 14.5. The van der Waals surface area contributed by atoms with Gasteiger partial charge in [-0.25, -0.2) is 17.6 Å². The van der Waals surface area contributed by atoms with E-state index in [1.807, 2.05) is 0 Å². The lowest BCUT2D eigenvalue weighted by Crippen LogP contribution is -2.47. The summed E-state index contributed by atoms with van der Waals surface area (Å²) < 4.78 is 39.5. The SMILES string of the molecule is CS(=O)(=O)Nc1cc([C@@H](O)CNCCCCCCCCCN2CCC(N(C(=O)O)c3ccc(F)cc3-c3ccc(O)c(Cl)c3)CC2)ccc1O. The van der Waals surface area contributed by atoms with E-state index in [9.17, 15) is 38.0 Å². The number of phenolic OH excluding ortho intramolecular Hbond substituents is 2. The van der Waals surface area contributed by atoms with Crippen molar-refractivity contribution in [2.75, 3.05) is 48.6 Å². The van der Waals surface area contributed by atoms with Crippen molar-refractivity contribution in [1.82, 2.24) is 10.2 Å². The number of hydrogen-bond acceptors (Lipinski definition) is 8. The molecule has 14 heteroatoms. The number of likely N-dealkylation sites (tertiary alicyclic amines) is 1. The van der Waals surface area contributed by atoms with E-state index in [-0.39, 0.29) is 28.3 Å². The normalized spacial score (nSPS) is 14.8. The third-order valence-corrected chi connectivity index (χ3v) is 9.86. The Morgan fingerprint density at radius 2 is 1.62 bits per heavy atom. The van der Waals surface area contributed by atoms with Crippen LogP contribution in [0.3, 0.4) is 0 Å². The predicted octanol–water partition coefficient (Wildman–Crippen LogP) is 6.93. The maximum absolute atomic E-state index is 14.3. The molecule has 1 atom stereocenters. The Balaban J connectivity index is 1.10. The molecule has 0 saturated carbocycles. The molecule has 4 rings (SSSR count). The van der Waals surface area contributed by atoms with Crippen molar-refractivity contribution >= 4 is 39.1 Å². The van der Waals surface area contributed by atoms with Gasteiger partial charge >= 0.3 is 6.09 Å². The summed E-state index contributed by atoms with van der Waals surface area (Å²) in [6, 6.07) is 12.7. The number of sulfonamides is 1. The van der Waals surface area contributed by atoms with Crippen LogP contribution in [0, 0.1) is 5.82 Å². The molecule has 0 aromatic heterocycles. The number of unbranched alkanes of at least 4 members (excludes halogenated alkanes) is 6. The van der Waals surface area contributed by atoms with Crippen molar-refractivity contribution in [3.8, 4) is 22.6 Å². The molecule has 50 heavy (non-hydrogen) atoms. The number of halogens is 2. The van der Waals surface area contributed by atoms with Crippen LogP contribution >= 0.6 is 11.6 Å². The van der Waals surface area contributed by atoms with E-state index in [1.54, 1.807) is 12.1 Å². The van der Waals surface area contributed by atoms with Gasteiger partial charge in [-0.05, 0) is 92.4 Å². The highest BCUT2D eigenvalue weighted by molar-refractivity contribution is 7.92. The molecule has 274 valence electrons. The van der Waals surface area contributed by atoms with Crippen molar-refractivity contribution in [3.63, 3.8) is 0 Å². The molecule has 11 nitrogen and oxygen atoms in total. The number of piperidine rings is 1. The van der Waals surface area contributed by atoms with Crippen LogP contribution in [0.1, 0.15) is 69.5 Å². The van der Waals surface area contributed by atoms with Crippen molar-refractivity contribution in [1.29, 1.82) is 0 Å². The van der Waals surface area contributed by atoms with Gasteiger partial charge in [-0.2, -0.15) is 0 Å². The van der Waals surface area contributed by atoms with E-state index in [0.29, 0.717) is 41.8 Å². The zero-order valence-corrected chi connectivity index (χ0v) is 29.9. The van der Waals surface area contributed by atoms with E-state index < -0.39 is 28.0 Å². The first-order chi connectivity index (χ1) is 23.8. The largest absolute Gasteiger partial charge is 0.506 e.